The van der Waals surface area contributed by atoms with E-state index in [1.807, 2.05) is 6.92 Å². The Balaban J connectivity index is 1.91. The van der Waals surface area contributed by atoms with Crippen molar-refractivity contribution in [3.63, 3.8) is 0 Å². The predicted molar refractivity (Wildman–Crippen MR) is 92.6 cm³/mol. The van der Waals surface area contributed by atoms with Crippen molar-refractivity contribution >= 4 is 17.6 Å². The summed E-state index contributed by atoms with van der Waals surface area (Å²) in [4.78, 5) is 24.1. The summed E-state index contributed by atoms with van der Waals surface area (Å²) in [6.45, 7) is 4.84. The van der Waals surface area contributed by atoms with Gasteiger partial charge in [0.2, 0.25) is 0 Å². The molecule has 1 aromatic rings. The molecule has 1 fully saturated rings. The minimum absolute atomic E-state index is 0.114. The van der Waals surface area contributed by atoms with Crippen molar-refractivity contribution in [1.82, 2.24) is 10.6 Å². The van der Waals surface area contributed by atoms with Crippen LogP contribution in [0.25, 0.3) is 0 Å². The lowest BCUT2D eigenvalue weighted by Crippen LogP contribution is -2.43. The van der Waals surface area contributed by atoms with Crippen molar-refractivity contribution in [2.45, 2.75) is 52.0 Å². The first kappa shape index (κ1) is 17.3. The highest BCUT2D eigenvalue weighted by atomic mass is 16.2. The second-order valence-electron chi connectivity index (χ2n) is 6.30. The molecular formula is C18H27N3O2. The molecule has 0 aliphatic heterocycles. The zero-order chi connectivity index (χ0) is 16.7. The van der Waals surface area contributed by atoms with Gasteiger partial charge in [0.05, 0.1) is 0 Å². The number of hydrogen-bond donors (Lipinski definition) is 3. The molecule has 0 spiro atoms. The van der Waals surface area contributed by atoms with E-state index in [9.17, 15) is 9.59 Å². The number of hydrogen-bond acceptors (Lipinski definition) is 2. The molecule has 23 heavy (non-hydrogen) atoms. The molecule has 5 nitrogen and oxygen atoms in total. The van der Waals surface area contributed by atoms with Crippen molar-refractivity contribution in [1.29, 1.82) is 0 Å². The normalized spacial score (nSPS) is 20.6. The Bertz CT molecular complexity index is 545. The van der Waals surface area contributed by atoms with E-state index < -0.39 is 0 Å². The molecule has 1 aliphatic rings. The number of benzene rings is 1. The van der Waals surface area contributed by atoms with Crippen LogP contribution in [-0.4, -0.2) is 24.5 Å². The highest BCUT2D eigenvalue weighted by molar-refractivity contribution is 5.96. The van der Waals surface area contributed by atoms with Crippen molar-refractivity contribution in [2.24, 2.45) is 5.92 Å². The van der Waals surface area contributed by atoms with Crippen molar-refractivity contribution in [2.75, 3.05) is 11.9 Å². The van der Waals surface area contributed by atoms with E-state index in [0.29, 0.717) is 23.7 Å². The van der Waals surface area contributed by atoms with Crippen LogP contribution in [0, 0.1) is 5.92 Å². The van der Waals surface area contributed by atoms with Crippen molar-refractivity contribution in [3.8, 4) is 0 Å². The molecule has 3 amide bonds. The average Bonchev–Trinajstić information content (AvgIpc) is 2.55. The van der Waals surface area contributed by atoms with Crippen LogP contribution in [0.15, 0.2) is 24.3 Å². The predicted octanol–water partition coefficient (Wildman–Crippen LogP) is 3.53. The Kier molecular flexibility index (Phi) is 6.44. The molecule has 126 valence electrons. The molecule has 0 bridgehead atoms. The SMILES string of the molecule is CCCNC(=O)c1cccc(NC(=O)N[C@H]2CCCC[C@H]2C)c1. The molecule has 0 aromatic heterocycles. The van der Waals surface area contributed by atoms with Crippen LogP contribution >= 0.6 is 0 Å². The summed E-state index contributed by atoms with van der Waals surface area (Å²) in [6, 6.07) is 7.06. The molecule has 0 heterocycles. The standard InChI is InChI=1S/C18H27N3O2/c1-3-11-19-17(22)14-8-6-9-15(12-14)20-18(23)21-16-10-5-4-7-13(16)2/h6,8-9,12-13,16H,3-5,7,10-11H2,1-2H3,(H,19,22)(H2,20,21,23)/t13-,16+/m1/s1. The molecular weight excluding hydrogens is 290 g/mol. The number of carbonyl (C=O) groups excluding carboxylic acids is 2. The Labute approximate surface area is 138 Å². The van der Waals surface area contributed by atoms with Gasteiger partial charge in [-0.05, 0) is 43.4 Å². The Morgan fingerprint density at radius 3 is 2.74 bits per heavy atom. The average molecular weight is 317 g/mol. The van der Waals surface area contributed by atoms with Gasteiger partial charge in [-0.3, -0.25) is 4.79 Å². The number of urea groups is 1. The van der Waals surface area contributed by atoms with Gasteiger partial charge < -0.3 is 16.0 Å². The Morgan fingerprint density at radius 1 is 1.22 bits per heavy atom. The smallest absolute Gasteiger partial charge is 0.319 e. The molecule has 1 aliphatic carbocycles. The first-order valence-corrected chi connectivity index (χ1v) is 8.56. The molecule has 2 rings (SSSR count). The second kappa shape index (κ2) is 8.56. The van der Waals surface area contributed by atoms with Crippen LogP contribution in [0.4, 0.5) is 10.5 Å². The fraction of sp³-hybridized carbons (Fsp3) is 0.556. The summed E-state index contributed by atoms with van der Waals surface area (Å²) < 4.78 is 0. The van der Waals surface area contributed by atoms with E-state index in [1.54, 1.807) is 24.3 Å². The molecule has 1 aromatic carbocycles. The fourth-order valence-electron chi connectivity index (χ4n) is 2.95. The molecule has 3 N–H and O–H groups in total. The minimum Gasteiger partial charge on any atom is -0.352 e. The fourth-order valence-corrected chi connectivity index (χ4v) is 2.95. The van der Waals surface area contributed by atoms with Gasteiger partial charge in [0.15, 0.2) is 0 Å². The number of anilines is 1. The second-order valence-corrected chi connectivity index (χ2v) is 6.30. The topological polar surface area (TPSA) is 70.2 Å². The third-order valence-corrected chi connectivity index (χ3v) is 4.35. The summed E-state index contributed by atoms with van der Waals surface area (Å²) >= 11 is 0. The molecule has 1 saturated carbocycles. The van der Waals surface area contributed by atoms with Crippen LogP contribution in [-0.2, 0) is 0 Å². The van der Waals surface area contributed by atoms with Gasteiger partial charge in [-0.15, -0.1) is 0 Å². The summed E-state index contributed by atoms with van der Waals surface area (Å²) in [7, 11) is 0. The van der Waals surface area contributed by atoms with E-state index in [2.05, 4.69) is 22.9 Å². The van der Waals surface area contributed by atoms with Gasteiger partial charge in [-0.1, -0.05) is 32.8 Å². The van der Waals surface area contributed by atoms with Crippen LogP contribution < -0.4 is 16.0 Å². The van der Waals surface area contributed by atoms with Gasteiger partial charge in [0, 0.05) is 23.8 Å². The van der Waals surface area contributed by atoms with E-state index in [4.69, 9.17) is 0 Å². The van der Waals surface area contributed by atoms with Crippen molar-refractivity contribution < 1.29 is 9.59 Å². The van der Waals surface area contributed by atoms with Crippen LogP contribution in [0.1, 0.15) is 56.3 Å². The maximum atomic E-state index is 12.2. The highest BCUT2D eigenvalue weighted by Gasteiger charge is 2.22. The van der Waals surface area contributed by atoms with Gasteiger partial charge in [-0.25, -0.2) is 4.79 Å². The van der Waals surface area contributed by atoms with Crippen LogP contribution in [0.3, 0.4) is 0 Å². The summed E-state index contributed by atoms with van der Waals surface area (Å²) in [6.07, 6.45) is 5.51. The first-order chi connectivity index (χ1) is 11.1. The highest BCUT2D eigenvalue weighted by Crippen LogP contribution is 2.23. The van der Waals surface area contributed by atoms with E-state index >= 15 is 0 Å². The summed E-state index contributed by atoms with van der Waals surface area (Å²) in [5.41, 5.74) is 1.19. The molecule has 0 saturated heterocycles. The molecule has 0 unspecified atom stereocenters. The Hall–Kier alpha value is -2.04. The van der Waals surface area contributed by atoms with Crippen LogP contribution in [0.2, 0.25) is 0 Å². The number of rotatable bonds is 5. The third kappa shape index (κ3) is 5.27. The number of nitrogens with one attached hydrogen (secondary N) is 3. The van der Waals surface area contributed by atoms with Gasteiger partial charge in [-0.2, -0.15) is 0 Å². The minimum atomic E-state index is -0.199. The Morgan fingerprint density at radius 2 is 2.00 bits per heavy atom. The first-order valence-electron chi connectivity index (χ1n) is 8.56. The lowest BCUT2D eigenvalue weighted by Gasteiger charge is -2.29. The summed E-state index contributed by atoms with van der Waals surface area (Å²) in [5.74, 6) is 0.400. The lowest BCUT2D eigenvalue weighted by atomic mass is 9.86. The number of carbonyl (C=O) groups is 2. The maximum Gasteiger partial charge on any atom is 0.319 e. The van der Waals surface area contributed by atoms with Gasteiger partial charge in [0.25, 0.3) is 5.91 Å². The zero-order valence-corrected chi connectivity index (χ0v) is 14.0. The van der Waals surface area contributed by atoms with Crippen molar-refractivity contribution in [3.05, 3.63) is 29.8 Å². The molecule has 5 heteroatoms. The van der Waals surface area contributed by atoms with Gasteiger partial charge >= 0.3 is 6.03 Å². The zero-order valence-electron chi connectivity index (χ0n) is 14.0. The third-order valence-electron chi connectivity index (χ3n) is 4.35. The number of amides is 3. The monoisotopic (exact) mass is 317 g/mol. The summed E-state index contributed by atoms with van der Waals surface area (Å²) in [5, 5.41) is 8.71. The lowest BCUT2D eigenvalue weighted by molar-refractivity contribution is 0.0953. The van der Waals surface area contributed by atoms with E-state index in [0.717, 1.165) is 19.3 Å². The largest absolute Gasteiger partial charge is 0.352 e. The van der Waals surface area contributed by atoms with Gasteiger partial charge in [0.1, 0.15) is 0 Å². The maximum absolute atomic E-state index is 12.2. The molecule has 0 radical (unpaired) electrons. The van der Waals surface area contributed by atoms with Crippen LogP contribution in [0.5, 0.6) is 0 Å². The van der Waals surface area contributed by atoms with E-state index in [-0.39, 0.29) is 18.0 Å². The van der Waals surface area contributed by atoms with E-state index in [1.165, 1.54) is 12.8 Å². The quantitative estimate of drug-likeness (QED) is 0.777. The molecule has 2 atom stereocenters.